The van der Waals surface area contributed by atoms with Gasteiger partial charge in [0.15, 0.2) is 0 Å². The molecular formula is C140H159N3. The lowest BCUT2D eigenvalue weighted by Crippen LogP contribution is -2.25. The monoisotopic (exact) mass is 1880 g/mol. The summed E-state index contributed by atoms with van der Waals surface area (Å²) in [4.78, 5) is 4.97. The highest BCUT2D eigenvalue weighted by Crippen LogP contribution is 2.59. The Morgan fingerprint density at radius 3 is 0.923 bits per heavy atom. The number of rotatable bonds is 53. The van der Waals surface area contributed by atoms with Crippen molar-refractivity contribution in [2.75, 3.05) is 9.80 Å². The van der Waals surface area contributed by atoms with Crippen LogP contribution in [0.25, 0.3) is 116 Å². The molecule has 19 rings (SSSR count). The van der Waals surface area contributed by atoms with E-state index < -0.39 is 0 Å². The third kappa shape index (κ3) is 22.4. The molecule has 1 heterocycles. The summed E-state index contributed by atoms with van der Waals surface area (Å²) < 4.78 is 2.49. The fraction of sp³-hybridized carbons (Fsp3) is 0.371. The van der Waals surface area contributed by atoms with Crippen LogP contribution in [-0.4, -0.2) is 4.57 Å². The molecule has 0 bridgehead atoms. The molecule has 16 aromatic rings. The van der Waals surface area contributed by atoms with E-state index in [0.29, 0.717) is 0 Å². The smallest absolute Gasteiger partial charge is 0.0547 e. The molecule has 3 nitrogen and oxygen atoms in total. The Morgan fingerprint density at radius 1 is 0.224 bits per heavy atom. The molecule has 0 fully saturated rings. The van der Waals surface area contributed by atoms with E-state index in [4.69, 9.17) is 0 Å². The highest BCUT2D eigenvalue weighted by Gasteiger charge is 2.45. The van der Waals surface area contributed by atoms with Crippen molar-refractivity contribution >= 4 is 66.7 Å². The van der Waals surface area contributed by atoms with Crippen molar-refractivity contribution < 1.29 is 0 Å². The van der Waals surface area contributed by atoms with Gasteiger partial charge in [0, 0.05) is 61.4 Å². The number of para-hydroxylation sites is 1. The number of fused-ring (bicyclic) bond motifs is 12. The Kier molecular flexibility index (Phi) is 33.5. The number of benzene rings is 15. The molecule has 0 unspecified atom stereocenters. The van der Waals surface area contributed by atoms with Crippen LogP contribution < -0.4 is 9.80 Å². The average Bonchev–Trinajstić information content (AvgIpc) is 1.55. The number of aromatic nitrogens is 1. The van der Waals surface area contributed by atoms with Gasteiger partial charge in [-0.1, -0.05) is 471 Å². The van der Waals surface area contributed by atoms with Gasteiger partial charge in [0.25, 0.3) is 0 Å². The maximum Gasteiger partial charge on any atom is 0.0547 e. The quantitative estimate of drug-likeness (QED) is 0.0352. The lowest BCUT2D eigenvalue weighted by molar-refractivity contribution is 0.397. The topological polar surface area (TPSA) is 11.4 Å². The number of aryl methyl sites for hydroxylation is 5. The zero-order chi connectivity index (χ0) is 97.7. The Bertz CT molecular complexity index is 6820. The molecule has 143 heavy (non-hydrogen) atoms. The summed E-state index contributed by atoms with van der Waals surface area (Å²) in [5, 5.41) is 5.32. The Balaban J connectivity index is 0.668. The number of hydrogen-bond donors (Lipinski definition) is 0. The summed E-state index contributed by atoms with van der Waals surface area (Å²) in [5.41, 5.74) is 42.1. The van der Waals surface area contributed by atoms with Crippen LogP contribution >= 0.6 is 0 Å². The van der Waals surface area contributed by atoms with Crippen LogP contribution in [0.15, 0.2) is 315 Å². The van der Waals surface area contributed by atoms with E-state index in [1.54, 1.807) is 11.1 Å². The predicted octanol–water partition coefficient (Wildman–Crippen LogP) is 42.7. The first kappa shape index (κ1) is 99.7. The molecule has 3 aliphatic rings. The van der Waals surface area contributed by atoms with Crippen LogP contribution in [0.2, 0.25) is 0 Å². The maximum atomic E-state index is 2.68. The van der Waals surface area contributed by atoms with E-state index in [9.17, 15) is 0 Å². The molecular weight excluding hydrogens is 1720 g/mol. The van der Waals surface area contributed by atoms with Crippen LogP contribution in [0, 0.1) is 13.8 Å². The second kappa shape index (κ2) is 48.1. The fourth-order valence-corrected chi connectivity index (χ4v) is 25.1. The van der Waals surface area contributed by atoms with Crippen LogP contribution in [-0.2, 0) is 30.1 Å². The SMILES string of the molecule is CCCCCCCCCCC1(CCCCCCCCCC)c2cc(C)ccc2-c2ccc(-c3ccc(N(c4ccc(-c5ccc6c(c5)C(CCCCCCCCCC)(CCCCCCCCCC)c5cc(-c7ccc(N(c8ccc(C)cc8)c8ccc(-c9cc%10c(c%11ccccc9%11)CC%10)cc8)cc7)ccc5-6)cc4)c4ccc(-c5ccc6c7ccccc7n(-c7ccc(CCCCCC)cc7)c6c5)cc4)cc3)cc21. The van der Waals surface area contributed by atoms with Crippen LogP contribution in [0.1, 0.15) is 342 Å². The van der Waals surface area contributed by atoms with Gasteiger partial charge in [0.2, 0.25) is 0 Å². The van der Waals surface area contributed by atoms with Gasteiger partial charge < -0.3 is 14.4 Å². The number of nitrogens with zero attached hydrogens (tertiary/aromatic N) is 3. The van der Waals surface area contributed by atoms with Crippen molar-refractivity contribution in [1.29, 1.82) is 0 Å². The lowest BCUT2D eigenvalue weighted by Gasteiger charge is -2.33. The first-order chi connectivity index (χ1) is 70.5. The second-order valence-corrected chi connectivity index (χ2v) is 43.3. The summed E-state index contributed by atoms with van der Waals surface area (Å²) in [6.07, 6.45) is 55.5. The summed E-state index contributed by atoms with van der Waals surface area (Å²) in [7, 11) is 0. The Hall–Kier alpha value is -12.0. The van der Waals surface area contributed by atoms with E-state index >= 15 is 0 Å². The normalized spacial score (nSPS) is 13.1. The third-order valence-corrected chi connectivity index (χ3v) is 33.3. The van der Waals surface area contributed by atoms with Gasteiger partial charge in [0.1, 0.15) is 0 Å². The number of anilines is 6. The molecule has 3 aliphatic carbocycles. The van der Waals surface area contributed by atoms with Gasteiger partial charge in [0.05, 0.1) is 11.0 Å². The molecule has 15 aromatic carbocycles. The Morgan fingerprint density at radius 2 is 0.531 bits per heavy atom. The van der Waals surface area contributed by atoms with Crippen LogP contribution in [0.4, 0.5) is 34.1 Å². The summed E-state index contributed by atoms with van der Waals surface area (Å²) in [5.74, 6) is 0. The van der Waals surface area contributed by atoms with Gasteiger partial charge in [-0.25, -0.2) is 0 Å². The summed E-state index contributed by atoms with van der Waals surface area (Å²) >= 11 is 0. The molecule has 0 atom stereocenters. The summed E-state index contributed by atoms with van der Waals surface area (Å²) in [6.45, 7) is 16.2. The first-order valence-corrected chi connectivity index (χ1v) is 56.9. The molecule has 0 saturated carbocycles. The van der Waals surface area contributed by atoms with Gasteiger partial charge in [-0.15, -0.1) is 0 Å². The van der Waals surface area contributed by atoms with Crippen molar-refractivity contribution in [3.8, 4) is 83.6 Å². The first-order valence-electron chi connectivity index (χ1n) is 56.9. The van der Waals surface area contributed by atoms with E-state index in [1.165, 1.54) is 406 Å². The lowest BCUT2D eigenvalue weighted by atomic mass is 9.70. The fourth-order valence-electron chi connectivity index (χ4n) is 25.1. The molecule has 0 aliphatic heterocycles. The minimum absolute atomic E-state index is 0.00760. The van der Waals surface area contributed by atoms with Gasteiger partial charge >= 0.3 is 0 Å². The second-order valence-electron chi connectivity index (χ2n) is 43.3. The highest BCUT2D eigenvalue weighted by atomic mass is 15.1. The summed E-state index contributed by atoms with van der Waals surface area (Å²) in [6, 6.07) is 124. The molecule has 0 saturated heterocycles. The van der Waals surface area contributed by atoms with Gasteiger partial charge in [-0.3, -0.25) is 0 Å². The molecule has 0 amide bonds. The minimum Gasteiger partial charge on any atom is -0.311 e. The zero-order valence-electron chi connectivity index (χ0n) is 87.8. The zero-order valence-corrected chi connectivity index (χ0v) is 87.8. The van der Waals surface area contributed by atoms with E-state index in [-0.39, 0.29) is 10.8 Å². The molecule has 734 valence electrons. The molecule has 0 radical (unpaired) electrons. The van der Waals surface area contributed by atoms with Crippen molar-refractivity contribution in [3.05, 3.63) is 366 Å². The number of unbranched alkanes of at least 4 members (excludes halogenated alkanes) is 31. The maximum absolute atomic E-state index is 2.68. The predicted molar refractivity (Wildman–Crippen MR) is 621 cm³/mol. The van der Waals surface area contributed by atoms with Gasteiger partial charge in [-0.05, 0) is 308 Å². The highest BCUT2D eigenvalue weighted by molar-refractivity contribution is 6.10. The molecule has 0 N–H and O–H groups in total. The van der Waals surface area contributed by atoms with Crippen molar-refractivity contribution in [3.63, 3.8) is 0 Å². The standard InChI is InChI=1S/C140H159N3/c1-8-13-18-23-27-31-35-44-93-139(94-45-36-32-28-24-19-14-9-2)133-97-104(7)55-87-126(133)127-89-68-111(99-134(127)139)106-60-79-118(80-61-106)142(120-83-64-109(65-84-120)114-71-92-131-130-51-42-43-52-137(130)143(138(131)102-114)122-75-56-105(57-76-122)48-39-22-17-12-5)119-81-62-108(63-82-119)113-70-91-129-128-90-69-112(100-135(128)140(136(129)101-113,95-46-37-33-29-25-20-15-10-3)96-47-38-34-30-26-21-16-11-4)107-58-77-117(78-59-107)141(116-73-53-103(6)54-74-116)121-85-66-110(67-86-121)132-98-115-72-88-123(115)124-49-40-41-50-125(124)132/h40-43,49-71,73-87,89-92,97-102H,8-39,44-48,72,88,93-96H2,1-7H3. The van der Waals surface area contributed by atoms with Crippen LogP contribution in [0.5, 0.6) is 0 Å². The van der Waals surface area contributed by atoms with E-state index in [0.717, 1.165) is 59.8 Å². The largest absolute Gasteiger partial charge is 0.311 e. The molecule has 0 spiro atoms. The molecule has 1 aromatic heterocycles. The molecule has 3 heteroatoms. The van der Waals surface area contributed by atoms with Crippen molar-refractivity contribution in [2.24, 2.45) is 0 Å². The van der Waals surface area contributed by atoms with E-state index in [1.807, 2.05) is 0 Å². The van der Waals surface area contributed by atoms with Crippen molar-refractivity contribution in [1.82, 2.24) is 4.57 Å². The number of hydrogen-bond acceptors (Lipinski definition) is 2. The third-order valence-electron chi connectivity index (χ3n) is 33.3. The minimum atomic E-state index is -0.145. The van der Waals surface area contributed by atoms with Crippen molar-refractivity contribution in [2.45, 2.75) is 335 Å². The van der Waals surface area contributed by atoms with Gasteiger partial charge in [-0.2, -0.15) is 0 Å². The Labute approximate surface area is 859 Å². The van der Waals surface area contributed by atoms with Crippen LogP contribution in [0.3, 0.4) is 0 Å². The van der Waals surface area contributed by atoms with E-state index in [2.05, 4.69) is 378 Å². The average molecular weight is 1880 g/mol.